The molecule has 5 heteroatoms. The van der Waals surface area contributed by atoms with Crippen molar-refractivity contribution in [3.05, 3.63) is 0 Å². The second kappa shape index (κ2) is 5.09. The largest absolute Gasteiger partial charge is 0.327 e. The Balaban J connectivity index is 4.10. The molecule has 3 N–H and O–H groups in total. The van der Waals surface area contributed by atoms with Crippen LogP contribution in [-0.2, 0) is 10.0 Å². The summed E-state index contributed by atoms with van der Waals surface area (Å²) in [6.45, 7) is 7.95. The molecule has 0 aliphatic heterocycles. The Morgan fingerprint density at radius 2 is 1.86 bits per heavy atom. The SMILES string of the molecule is CCC(N)CNS(=O)(=O)CC(C)(C)C. The zero-order valence-corrected chi connectivity index (χ0v) is 10.3. The van der Waals surface area contributed by atoms with Crippen molar-refractivity contribution < 1.29 is 8.42 Å². The third-order valence-corrected chi connectivity index (χ3v) is 3.57. The molecular weight excluding hydrogens is 200 g/mol. The van der Waals surface area contributed by atoms with Crippen molar-refractivity contribution in [2.75, 3.05) is 12.3 Å². The van der Waals surface area contributed by atoms with Crippen molar-refractivity contribution in [1.82, 2.24) is 4.72 Å². The molecule has 4 nitrogen and oxygen atoms in total. The first-order chi connectivity index (χ1) is 6.16. The molecule has 0 saturated heterocycles. The van der Waals surface area contributed by atoms with Gasteiger partial charge in [0.1, 0.15) is 0 Å². The van der Waals surface area contributed by atoms with E-state index in [1.165, 1.54) is 0 Å². The van der Waals surface area contributed by atoms with Crippen LogP contribution in [0, 0.1) is 5.41 Å². The van der Waals surface area contributed by atoms with Crippen molar-refractivity contribution >= 4 is 10.0 Å². The average molecular weight is 222 g/mol. The van der Waals surface area contributed by atoms with Crippen molar-refractivity contribution in [2.45, 2.75) is 40.2 Å². The van der Waals surface area contributed by atoms with Gasteiger partial charge in [-0.2, -0.15) is 0 Å². The Hall–Kier alpha value is -0.130. The van der Waals surface area contributed by atoms with E-state index in [0.29, 0.717) is 6.54 Å². The van der Waals surface area contributed by atoms with Crippen LogP contribution in [0.4, 0.5) is 0 Å². The maximum Gasteiger partial charge on any atom is 0.212 e. The summed E-state index contributed by atoms with van der Waals surface area (Å²) in [6.07, 6.45) is 0.776. The van der Waals surface area contributed by atoms with E-state index in [-0.39, 0.29) is 17.2 Å². The summed E-state index contributed by atoms with van der Waals surface area (Å²) in [7, 11) is -3.17. The third kappa shape index (κ3) is 7.29. The molecule has 0 heterocycles. The van der Waals surface area contributed by atoms with Crippen LogP contribution < -0.4 is 10.5 Å². The maximum absolute atomic E-state index is 11.5. The van der Waals surface area contributed by atoms with E-state index in [4.69, 9.17) is 5.73 Å². The zero-order chi connectivity index (χ0) is 11.4. The lowest BCUT2D eigenvalue weighted by molar-refractivity contribution is 0.456. The molecule has 0 amide bonds. The van der Waals surface area contributed by atoms with Crippen molar-refractivity contribution in [2.24, 2.45) is 11.1 Å². The maximum atomic E-state index is 11.5. The molecule has 0 aliphatic rings. The molecule has 0 bridgehead atoms. The number of rotatable bonds is 5. The molecule has 14 heavy (non-hydrogen) atoms. The monoisotopic (exact) mass is 222 g/mol. The summed E-state index contributed by atoms with van der Waals surface area (Å²) in [5, 5.41) is 0. The van der Waals surface area contributed by atoms with Gasteiger partial charge < -0.3 is 5.73 Å². The van der Waals surface area contributed by atoms with Crippen LogP contribution in [0.2, 0.25) is 0 Å². The summed E-state index contributed by atoms with van der Waals surface area (Å²) < 4.78 is 25.5. The van der Waals surface area contributed by atoms with E-state index in [0.717, 1.165) is 6.42 Å². The third-order valence-electron chi connectivity index (χ3n) is 1.71. The van der Waals surface area contributed by atoms with Crippen molar-refractivity contribution in [1.29, 1.82) is 0 Å². The molecule has 0 aliphatic carbocycles. The fourth-order valence-electron chi connectivity index (χ4n) is 0.999. The Morgan fingerprint density at radius 1 is 1.36 bits per heavy atom. The first kappa shape index (κ1) is 13.9. The average Bonchev–Trinajstić information content (AvgIpc) is 1.96. The van der Waals surface area contributed by atoms with Gasteiger partial charge in [0.2, 0.25) is 10.0 Å². The number of hydrogen-bond donors (Lipinski definition) is 2. The van der Waals surface area contributed by atoms with Gasteiger partial charge in [0.05, 0.1) is 5.75 Å². The van der Waals surface area contributed by atoms with Gasteiger partial charge in [0.15, 0.2) is 0 Å². The Morgan fingerprint density at radius 3 is 2.21 bits per heavy atom. The summed E-state index contributed by atoms with van der Waals surface area (Å²) >= 11 is 0. The van der Waals surface area contributed by atoms with E-state index in [2.05, 4.69) is 4.72 Å². The summed E-state index contributed by atoms with van der Waals surface area (Å²) in [4.78, 5) is 0. The van der Waals surface area contributed by atoms with E-state index < -0.39 is 10.0 Å². The van der Waals surface area contributed by atoms with Gasteiger partial charge in [0, 0.05) is 12.6 Å². The molecular formula is C9H22N2O2S. The molecule has 0 saturated carbocycles. The second-order valence-electron chi connectivity index (χ2n) is 4.84. The Labute approximate surface area is 87.3 Å². The highest BCUT2D eigenvalue weighted by atomic mass is 32.2. The van der Waals surface area contributed by atoms with Crippen LogP contribution in [0.25, 0.3) is 0 Å². The highest BCUT2D eigenvalue weighted by molar-refractivity contribution is 7.89. The number of sulfonamides is 1. The van der Waals surface area contributed by atoms with Crippen LogP contribution in [-0.4, -0.2) is 26.8 Å². The molecule has 1 unspecified atom stereocenters. The topological polar surface area (TPSA) is 72.2 Å². The van der Waals surface area contributed by atoms with Crippen LogP contribution in [0.1, 0.15) is 34.1 Å². The minimum Gasteiger partial charge on any atom is -0.327 e. The fraction of sp³-hybridized carbons (Fsp3) is 1.00. The lowest BCUT2D eigenvalue weighted by Gasteiger charge is -2.19. The van der Waals surface area contributed by atoms with Crippen LogP contribution >= 0.6 is 0 Å². The molecule has 0 rings (SSSR count). The van der Waals surface area contributed by atoms with E-state index in [1.807, 2.05) is 27.7 Å². The molecule has 0 aromatic carbocycles. The smallest absolute Gasteiger partial charge is 0.212 e. The van der Waals surface area contributed by atoms with Crippen molar-refractivity contribution in [3.63, 3.8) is 0 Å². The first-order valence-corrected chi connectivity index (χ1v) is 6.54. The highest BCUT2D eigenvalue weighted by Crippen LogP contribution is 2.15. The second-order valence-corrected chi connectivity index (χ2v) is 6.64. The van der Waals surface area contributed by atoms with E-state index >= 15 is 0 Å². The molecule has 1 atom stereocenters. The fourth-order valence-corrected chi connectivity index (χ4v) is 2.71. The summed E-state index contributed by atoms with van der Waals surface area (Å²) in [5.41, 5.74) is 5.40. The standard InChI is InChI=1S/C9H22N2O2S/c1-5-8(10)6-11-14(12,13)7-9(2,3)4/h8,11H,5-7,10H2,1-4H3. The minimum absolute atomic E-state index is 0.0928. The predicted octanol–water partition coefficient (Wildman–Crippen LogP) is 0.689. The number of hydrogen-bond acceptors (Lipinski definition) is 3. The van der Waals surface area contributed by atoms with Crippen molar-refractivity contribution in [3.8, 4) is 0 Å². The quantitative estimate of drug-likeness (QED) is 0.719. The van der Waals surface area contributed by atoms with E-state index in [9.17, 15) is 8.42 Å². The van der Waals surface area contributed by atoms with Gasteiger partial charge in [-0.1, -0.05) is 27.7 Å². The molecule has 0 fully saturated rings. The molecule has 86 valence electrons. The Bertz CT molecular complexity index is 254. The lowest BCUT2D eigenvalue weighted by Crippen LogP contribution is -2.40. The van der Waals surface area contributed by atoms with Crippen LogP contribution in [0.3, 0.4) is 0 Å². The minimum atomic E-state index is -3.17. The van der Waals surface area contributed by atoms with Gasteiger partial charge in [-0.25, -0.2) is 13.1 Å². The van der Waals surface area contributed by atoms with Gasteiger partial charge in [-0.3, -0.25) is 0 Å². The van der Waals surface area contributed by atoms with Gasteiger partial charge in [0.25, 0.3) is 0 Å². The molecule has 0 radical (unpaired) electrons. The highest BCUT2D eigenvalue weighted by Gasteiger charge is 2.21. The van der Waals surface area contributed by atoms with Gasteiger partial charge in [-0.15, -0.1) is 0 Å². The summed E-state index contributed by atoms with van der Waals surface area (Å²) in [5.74, 6) is 0.135. The normalized spacial score (nSPS) is 15.5. The first-order valence-electron chi connectivity index (χ1n) is 4.89. The summed E-state index contributed by atoms with van der Waals surface area (Å²) in [6, 6.07) is -0.0928. The predicted molar refractivity (Wildman–Crippen MR) is 59.5 cm³/mol. The van der Waals surface area contributed by atoms with Gasteiger partial charge in [-0.05, 0) is 11.8 Å². The number of nitrogens with one attached hydrogen (secondary N) is 1. The Kier molecular flexibility index (Phi) is 5.05. The lowest BCUT2D eigenvalue weighted by atomic mass is 10.0. The molecule has 0 aromatic heterocycles. The van der Waals surface area contributed by atoms with E-state index in [1.54, 1.807) is 0 Å². The zero-order valence-electron chi connectivity index (χ0n) is 9.50. The molecule has 0 aromatic rings. The molecule has 0 spiro atoms. The van der Waals surface area contributed by atoms with Crippen LogP contribution in [0.5, 0.6) is 0 Å². The van der Waals surface area contributed by atoms with Crippen LogP contribution in [0.15, 0.2) is 0 Å². The number of nitrogens with two attached hydrogens (primary N) is 1. The van der Waals surface area contributed by atoms with Gasteiger partial charge >= 0.3 is 0 Å².